The van der Waals surface area contributed by atoms with E-state index in [2.05, 4.69) is 10.3 Å². The molecule has 1 aromatic carbocycles. The van der Waals surface area contributed by atoms with Crippen molar-refractivity contribution in [1.29, 1.82) is 0 Å². The van der Waals surface area contributed by atoms with E-state index in [0.29, 0.717) is 10.8 Å². The molecule has 0 saturated carbocycles. The van der Waals surface area contributed by atoms with Crippen LogP contribution in [0.1, 0.15) is 17.3 Å². The summed E-state index contributed by atoms with van der Waals surface area (Å²) in [5.41, 5.74) is -5.60. The van der Waals surface area contributed by atoms with E-state index in [1.165, 1.54) is 24.3 Å². The van der Waals surface area contributed by atoms with Crippen molar-refractivity contribution in [1.82, 2.24) is 9.55 Å². The number of alkyl halides is 3. The van der Waals surface area contributed by atoms with Crippen molar-refractivity contribution in [3.05, 3.63) is 36.0 Å². The number of halogens is 3. The predicted molar refractivity (Wildman–Crippen MR) is 82.2 cm³/mol. The number of imidazole rings is 1. The second kappa shape index (κ2) is 6.78. The van der Waals surface area contributed by atoms with Crippen LogP contribution in [0.15, 0.2) is 35.5 Å². The third kappa shape index (κ3) is 3.69. The molecule has 0 aliphatic rings. The van der Waals surface area contributed by atoms with Crippen LogP contribution in [0.25, 0.3) is 0 Å². The summed E-state index contributed by atoms with van der Waals surface area (Å²) in [6.07, 6.45) is 0.483. The topological polar surface area (TPSA) is 107 Å². The maximum Gasteiger partial charge on any atom is 0.503 e. The molecule has 140 valence electrons. The number of hydrogen-bond acceptors (Lipinski definition) is 6. The number of anilines is 1. The number of carbonyl (C=O) groups excluding carboxylic acids is 2. The molecule has 1 heterocycles. The van der Waals surface area contributed by atoms with Gasteiger partial charge in [-0.3, -0.25) is 14.9 Å². The lowest BCUT2D eigenvalue weighted by molar-refractivity contribution is -0.131. The molecule has 2 rings (SSSR count). The zero-order valence-corrected chi connectivity index (χ0v) is 14.2. The van der Waals surface area contributed by atoms with E-state index in [0.717, 1.165) is 14.0 Å². The van der Waals surface area contributed by atoms with Gasteiger partial charge >= 0.3 is 11.5 Å². The summed E-state index contributed by atoms with van der Waals surface area (Å²) in [6.45, 7) is 1.13. The predicted octanol–water partition coefficient (Wildman–Crippen LogP) is 1.89. The molecule has 0 unspecified atom stereocenters. The quantitative estimate of drug-likeness (QED) is 0.630. The van der Waals surface area contributed by atoms with Crippen molar-refractivity contribution >= 4 is 27.7 Å². The number of aromatic nitrogens is 2. The van der Waals surface area contributed by atoms with E-state index in [1.54, 1.807) is 0 Å². The van der Waals surface area contributed by atoms with Crippen molar-refractivity contribution in [3.8, 4) is 5.75 Å². The molecular formula is C14H12F3N3O5S. The molecule has 12 heteroatoms. The first kappa shape index (κ1) is 19.4. The van der Waals surface area contributed by atoms with E-state index in [4.69, 9.17) is 4.74 Å². The van der Waals surface area contributed by atoms with Crippen LogP contribution < -0.4 is 10.1 Å². The fraction of sp³-hybridized carbons (Fsp3) is 0.214. The lowest BCUT2D eigenvalue weighted by Crippen LogP contribution is -2.25. The van der Waals surface area contributed by atoms with Gasteiger partial charge in [0.15, 0.2) is 5.03 Å². The van der Waals surface area contributed by atoms with E-state index >= 15 is 0 Å². The number of esters is 1. The third-order valence-electron chi connectivity index (χ3n) is 3.14. The first-order valence-corrected chi connectivity index (χ1v) is 8.35. The van der Waals surface area contributed by atoms with Gasteiger partial charge in [-0.1, -0.05) is 12.1 Å². The number of carbonyl (C=O) groups is 2. The summed E-state index contributed by atoms with van der Waals surface area (Å²) in [4.78, 5) is 26.9. The van der Waals surface area contributed by atoms with Gasteiger partial charge in [0.2, 0.25) is 5.95 Å². The molecule has 0 saturated heterocycles. The fourth-order valence-corrected chi connectivity index (χ4v) is 2.82. The molecule has 0 radical (unpaired) electrons. The number of hydrogen-bond donors (Lipinski definition) is 1. The van der Waals surface area contributed by atoms with E-state index < -0.39 is 38.2 Å². The summed E-state index contributed by atoms with van der Waals surface area (Å²) < 4.78 is 66.3. The molecule has 2 aromatic rings. The van der Waals surface area contributed by atoms with Crippen LogP contribution in [0.2, 0.25) is 0 Å². The normalized spacial score (nSPS) is 11.9. The van der Waals surface area contributed by atoms with Crippen LogP contribution in [0.5, 0.6) is 5.75 Å². The Bertz CT molecular complexity index is 966. The number of ether oxygens (including phenoxy) is 1. The number of para-hydroxylation sites is 1. The van der Waals surface area contributed by atoms with Gasteiger partial charge in [0.25, 0.3) is 15.7 Å². The zero-order valence-electron chi connectivity index (χ0n) is 13.4. The van der Waals surface area contributed by atoms with Crippen molar-refractivity contribution < 1.29 is 35.9 Å². The Morgan fingerprint density at radius 1 is 1.23 bits per heavy atom. The molecule has 0 aliphatic carbocycles. The molecule has 0 atom stereocenters. The maximum atomic E-state index is 12.6. The van der Waals surface area contributed by atoms with Crippen LogP contribution in [0.3, 0.4) is 0 Å². The Morgan fingerprint density at radius 2 is 1.85 bits per heavy atom. The van der Waals surface area contributed by atoms with Gasteiger partial charge in [0.05, 0.1) is 11.8 Å². The lowest BCUT2D eigenvalue weighted by Gasteiger charge is -2.11. The van der Waals surface area contributed by atoms with Crippen LogP contribution in [0.4, 0.5) is 19.1 Å². The molecule has 0 fully saturated rings. The summed E-state index contributed by atoms with van der Waals surface area (Å²) in [7, 11) is -4.63. The van der Waals surface area contributed by atoms with Crippen LogP contribution in [0, 0.1) is 0 Å². The van der Waals surface area contributed by atoms with Gasteiger partial charge in [0, 0.05) is 14.0 Å². The fourth-order valence-electron chi connectivity index (χ4n) is 1.95. The molecule has 0 aliphatic heterocycles. The van der Waals surface area contributed by atoms with Crippen molar-refractivity contribution in [2.75, 3.05) is 5.32 Å². The molecule has 1 amide bonds. The molecule has 0 spiro atoms. The monoisotopic (exact) mass is 391 g/mol. The minimum absolute atomic E-state index is 0.0742. The Balaban J connectivity index is 2.34. The van der Waals surface area contributed by atoms with Crippen molar-refractivity contribution in [2.45, 2.75) is 17.5 Å². The van der Waals surface area contributed by atoms with Gasteiger partial charge in [0.1, 0.15) is 5.75 Å². The summed E-state index contributed by atoms with van der Waals surface area (Å²) >= 11 is 0. The van der Waals surface area contributed by atoms with Crippen molar-refractivity contribution in [3.63, 3.8) is 0 Å². The van der Waals surface area contributed by atoms with E-state index in [9.17, 15) is 31.2 Å². The highest BCUT2D eigenvalue weighted by molar-refractivity contribution is 7.92. The molecule has 26 heavy (non-hydrogen) atoms. The second-order valence-electron chi connectivity index (χ2n) is 4.97. The first-order valence-electron chi connectivity index (χ1n) is 6.87. The largest absolute Gasteiger partial charge is 0.503 e. The minimum Gasteiger partial charge on any atom is -0.426 e. The highest BCUT2D eigenvalue weighted by Gasteiger charge is 2.49. The van der Waals surface area contributed by atoms with Crippen LogP contribution in [-0.2, 0) is 21.7 Å². The Kier molecular flexibility index (Phi) is 5.07. The molecular weight excluding hydrogens is 379 g/mol. The Labute approximate surface area is 145 Å². The second-order valence-corrected chi connectivity index (χ2v) is 6.86. The van der Waals surface area contributed by atoms with Crippen LogP contribution >= 0.6 is 0 Å². The van der Waals surface area contributed by atoms with E-state index in [1.807, 2.05) is 0 Å². The molecule has 0 bridgehead atoms. The van der Waals surface area contributed by atoms with Gasteiger partial charge in [-0.05, 0) is 12.1 Å². The van der Waals surface area contributed by atoms with Crippen LogP contribution in [-0.4, -0.2) is 35.4 Å². The molecule has 1 N–H and O–H groups in total. The number of amides is 1. The number of sulfone groups is 1. The smallest absolute Gasteiger partial charge is 0.426 e. The average Bonchev–Trinajstić information content (AvgIpc) is 2.87. The number of benzene rings is 1. The highest BCUT2D eigenvalue weighted by atomic mass is 32.2. The standard InChI is InChI=1S/C14H12F3N3O5S/c1-8(21)25-10-6-4-3-5-9(10)12(22)19-13-18-7-11(20(13)2)26(23,24)14(15,16)17/h3-7H,1-2H3,(H,18,19,22). The molecule has 1 aromatic heterocycles. The Hall–Kier alpha value is -2.89. The lowest BCUT2D eigenvalue weighted by atomic mass is 10.2. The number of nitrogens with one attached hydrogen (secondary N) is 1. The zero-order chi connectivity index (χ0) is 19.7. The Morgan fingerprint density at radius 3 is 2.42 bits per heavy atom. The summed E-state index contributed by atoms with van der Waals surface area (Å²) in [6, 6.07) is 5.63. The van der Waals surface area contributed by atoms with Crippen molar-refractivity contribution in [2.24, 2.45) is 7.05 Å². The highest BCUT2D eigenvalue weighted by Crippen LogP contribution is 2.31. The summed E-state index contributed by atoms with van der Waals surface area (Å²) in [5, 5.41) is 1.04. The maximum absolute atomic E-state index is 12.6. The molecule has 8 nitrogen and oxygen atoms in total. The van der Waals surface area contributed by atoms with Gasteiger partial charge in [-0.15, -0.1) is 0 Å². The third-order valence-corrected chi connectivity index (χ3v) is 4.68. The van der Waals surface area contributed by atoms with Gasteiger partial charge < -0.3 is 9.30 Å². The van der Waals surface area contributed by atoms with Gasteiger partial charge in [-0.25, -0.2) is 13.4 Å². The van der Waals surface area contributed by atoms with Gasteiger partial charge in [-0.2, -0.15) is 13.2 Å². The minimum atomic E-state index is -5.63. The SMILES string of the molecule is CC(=O)Oc1ccccc1C(=O)Nc1ncc(S(=O)(=O)C(F)(F)F)n1C. The summed E-state index contributed by atoms with van der Waals surface area (Å²) in [5.74, 6) is -2.04. The average molecular weight is 391 g/mol. The number of rotatable bonds is 4. The van der Waals surface area contributed by atoms with E-state index in [-0.39, 0.29) is 11.3 Å². The number of nitrogens with zero attached hydrogens (tertiary/aromatic N) is 2. The first-order chi connectivity index (χ1) is 11.9.